The fourth-order valence-corrected chi connectivity index (χ4v) is 4.35. The minimum Gasteiger partial charge on any atom is -0.507 e. The number of aromatic nitrogens is 2. The van der Waals surface area contributed by atoms with Crippen LogP contribution in [0.15, 0.2) is 46.3 Å². The lowest BCUT2D eigenvalue weighted by atomic mass is 10.1. The third-order valence-corrected chi connectivity index (χ3v) is 6.67. The van der Waals surface area contributed by atoms with Gasteiger partial charge >= 0.3 is 11.7 Å². The number of carbonyl (C=O) groups excluding carboxylic acids is 3. The molecule has 0 bridgehead atoms. The topological polar surface area (TPSA) is 190 Å². The van der Waals surface area contributed by atoms with Gasteiger partial charge < -0.3 is 34.9 Å². The fraction of sp³-hybridized carbons (Fsp3) is 0.481. The van der Waals surface area contributed by atoms with E-state index >= 15 is 0 Å². The lowest BCUT2D eigenvalue weighted by Crippen LogP contribution is -2.35. The Labute approximate surface area is 229 Å². The van der Waals surface area contributed by atoms with E-state index in [0.29, 0.717) is 19.1 Å². The molecule has 13 nitrogen and oxygen atoms in total. The number of phenols is 1. The van der Waals surface area contributed by atoms with Gasteiger partial charge in [0.05, 0.1) is 24.7 Å². The number of nitrogens with one attached hydrogen (secondary N) is 1. The Morgan fingerprint density at radius 1 is 1.18 bits per heavy atom. The highest BCUT2D eigenvalue weighted by Gasteiger charge is 2.43. The number of phenolic OH excluding ortho intramolecular Hbond substituents is 1. The normalized spacial score (nSPS) is 22.6. The highest BCUT2D eigenvalue weighted by atomic mass is 16.6. The molecule has 2 heterocycles. The van der Waals surface area contributed by atoms with E-state index in [0.717, 1.165) is 23.1 Å². The Kier molecular flexibility index (Phi) is 9.74. The molecule has 1 saturated heterocycles. The van der Waals surface area contributed by atoms with Crippen LogP contribution in [0.3, 0.4) is 0 Å². The fourth-order valence-electron chi connectivity index (χ4n) is 4.35. The number of para-hydroxylation sites is 1. The van der Waals surface area contributed by atoms with Crippen molar-refractivity contribution in [2.75, 3.05) is 13.2 Å². The third kappa shape index (κ3) is 7.37. The Morgan fingerprint density at radius 2 is 1.95 bits per heavy atom. The first-order chi connectivity index (χ1) is 19.3. The van der Waals surface area contributed by atoms with Crippen LogP contribution in [0.2, 0.25) is 0 Å². The minimum absolute atomic E-state index is 0.0920. The Morgan fingerprint density at radius 3 is 2.65 bits per heavy atom. The molecule has 2 aromatic rings. The number of rotatable bonds is 13. The molecule has 1 aliphatic heterocycles. The number of esters is 1. The van der Waals surface area contributed by atoms with E-state index in [4.69, 9.17) is 9.47 Å². The number of benzene rings is 1. The monoisotopic (exact) mass is 556 g/mol. The molecule has 40 heavy (non-hydrogen) atoms. The average molecular weight is 557 g/mol. The summed E-state index contributed by atoms with van der Waals surface area (Å²) >= 11 is 0. The average Bonchev–Trinajstić information content (AvgIpc) is 3.74. The van der Waals surface area contributed by atoms with Crippen molar-refractivity contribution in [3.8, 4) is 5.75 Å². The van der Waals surface area contributed by atoms with Crippen LogP contribution in [0.5, 0.6) is 5.75 Å². The molecule has 4 unspecified atom stereocenters. The van der Waals surface area contributed by atoms with Crippen LogP contribution in [0.4, 0.5) is 5.82 Å². The van der Waals surface area contributed by atoms with E-state index in [2.05, 4.69) is 15.3 Å². The second-order valence-corrected chi connectivity index (χ2v) is 9.65. The van der Waals surface area contributed by atoms with Gasteiger partial charge in [-0.15, -0.1) is 0 Å². The van der Waals surface area contributed by atoms with Crippen molar-refractivity contribution < 1.29 is 39.2 Å². The largest absolute Gasteiger partial charge is 0.507 e. The molecule has 2 aliphatic rings. The van der Waals surface area contributed by atoms with Crippen LogP contribution in [0.1, 0.15) is 55.1 Å². The van der Waals surface area contributed by atoms with E-state index < -0.39 is 42.1 Å². The number of aliphatic hydroxyl groups is 2. The van der Waals surface area contributed by atoms with Gasteiger partial charge in [-0.05, 0) is 49.8 Å². The van der Waals surface area contributed by atoms with E-state index in [9.17, 15) is 34.5 Å². The molecule has 4 rings (SSSR count). The molecular formula is C27H32N4O9. The van der Waals surface area contributed by atoms with E-state index in [-0.39, 0.29) is 49.0 Å². The van der Waals surface area contributed by atoms with Crippen LogP contribution in [-0.2, 0) is 19.1 Å². The number of nitrogens with zero attached hydrogens (tertiary/aromatic N) is 3. The van der Waals surface area contributed by atoms with Crippen LogP contribution >= 0.6 is 0 Å². The summed E-state index contributed by atoms with van der Waals surface area (Å²) in [7, 11) is 0. The van der Waals surface area contributed by atoms with Crippen molar-refractivity contribution in [3.05, 3.63) is 52.6 Å². The maximum absolute atomic E-state index is 12.6. The summed E-state index contributed by atoms with van der Waals surface area (Å²) in [4.78, 5) is 56.1. The first kappa shape index (κ1) is 29.1. The van der Waals surface area contributed by atoms with E-state index in [1.165, 1.54) is 24.4 Å². The highest BCUT2D eigenvalue weighted by Crippen LogP contribution is 2.34. The van der Waals surface area contributed by atoms with Gasteiger partial charge in [0, 0.05) is 24.9 Å². The minimum atomic E-state index is -1.40. The van der Waals surface area contributed by atoms with Gasteiger partial charge in [0.15, 0.2) is 12.0 Å². The van der Waals surface area contributed by atoms with Gasteiger partial charge in [-0.1, -0.05) is 12.1 Å². The van der Waals surface area contributed by atoms with Gasteiger partial charge in [0.1, 0.15) is 24.2 Å². The molecule has 1 aromatic heterocycles. The number of hydrogen-bond donors (Lipinski definition) is 4. The lowest BCUT2D eigenvalue weighted by Gasteiger charge is -2.17. The number of ether oxygens (including phenoxy) is 2. The van der Waals surface area contributed by atoms with Gasteiger partial charge in [-0.25, -0.2) is 9.79 Å². The number of aliphatic hydroxyl groups excluding tert-OH is 2. The van der Waals surface area contributed by atoms with Crippen LogP contribution < -0.4 is 11.0 Å². The maximum Gasteiger partial charge on any atom is 0.351 e. The SMILES string of the molecule is O=CCC1OC(n2ccc(N=C(CCC(=O)OCCCNC(=O)c3ccccc3O)C3CC3)nc2=O)C(O)C1O. The number of carbonyl (C=O) groups is 3. The van der Waals surface area contributed by atoms with Crippen LogP contribution in [0, 0.1) is 5.92 Å². The van der Waals surface area contributed by atoms with E-state index in [1.54, 1.807) is 12.1 Å². The molecular weight excluding hydrogens is 524 g/mol. The van der Waals surface area contributed by atoms with Crippen LogP contribution in [0.25, 0.3) is 0 Å². The first-order valence-corrected chi connectivity index (χ1v) is 13.1. The zero-order valence-corrected chi connectivity index (χ0v) is 21.7. The van der Waals surface area contributed by atoms with Crippen molar-refractivity contribution in [1.82, 2.24) is 14.9 Å². The molecule has 4 atom stereocenters. The smallest absolute Gasteiger partial charge is 0.351 e. The Balaban J connectivity index is 1.25. The number of aromatic hydroxyl groups is 1. The summed E-state index contributed by atoms with van der Waals surface area (Å²) < 4.78 is 11.8. The number of aliphatic imine (C=N–C) groups is 1. The molecule has 0 spiro atoms. The second-order valence-electron chi connectivity index (χ2n) is 9.65. The van der Waals surface area contributed by atoms with Crippen molar-refractivity contribution in [3.63, 3.8) is 0 Å². The molecule has 2 fully saturated rings. The third-order valence-electron chi connectivity index (χ3n) is 6.67. The molecule has 1 saturated carbocycles. The van der Waals surface area contributed by atoms with Gasteiger partial charge in [0.25, 0.3) is 5.91 Å². The zero-order chi connectivity index (χ0) is 28.6. The molecule has 214 valence electrons. The number of aldehydes is 1. The molecule has 4 N–H and O–H groups in total. The summed E-state index contributed by atoms with van der Waals surface area (Å²) in [6.45, 7) is 0.388. The number of amides is 1. The lowest BCUT2D eigenvalue weighted by molar-refractivity contribution is -0.143. The van der Waals surface area contributed by atoms with Crippen molar-refractivity contribution in [2.45, 2.75) is 63.1 Å². The summed E-state index contributed by atoms with van der Waals surface area (Å²) in [5, 5.41) is 32.7. The maximum atomic E-state index is 12.6. The van der Waals surface area contributed by atoms with Gasteiger partial charge in [0.2, 0.25) is 0 Å². The summed E-state index contributed by atoms with van der Waals surface area (Å²) in [5.74, 6) is -0.598. The summed E-state index contributed by atoms with van der Waals surface area (Å²) in [5.41, 5.74) is 0.160. The molecule has 0 radical (unpaired) electrons. The Bertz CT molecular complexity index is 1310. The second kappa shape index (κ2) is 13.4. The van der Waals surface area contributed by atoms with Gasteiger partial charge in [-0.2, -0.15) is 4.98 Å². The predicted molar refractivity (Wildman–Crippen MR) is 140 cm³/mol. The number of hydrogen-bond acceptors (Lipinski definition) is 11. The predicted octanol–water partition coefficient (Wildman–Crippen LogP) is 0.783. The Hall–Kier alpha value is -3.94. The summed E-state index contributed by atoms with van der Waals surface area (Å²) in [6.07, 6.45) is -0.365. The molecule has 13 heteroatoms. The quantitative estimate of drug-likeness (QED) is 0.119. The molecule has 1 aromatic carbocycles. The van der Waals surface area contributed by atoms with Crippen molar-refractivity contribution in [1.29, 1.82) is 0 Å². The zero-order valence-electron chi connectivity index (χ0n) is 21.7. The van der Waals surface area contributed by atoms with Crippen molar-refractivity contribution >= 4 is 29.7 Å². The first-order valence-electron chi connectivity index (χ1n) is 13.1. The molecule has 1 aliphatic carbocycles. The van der Waals surface area contributed by atoms with Crippen LogP contribution in [-0.4, -0.2) is 80.2 Å². The standard InChI is InChI=1S/C27H32N4O9/c32-14-11-20-23(35)24(36)26(40-20)31-13-10-21(30-27(31)38)29-18(16-6-7-16)8-9-22(34)39-15-3-12-28-25(37)17-4-1-2-5-19(17)33/h1-2,4-5,10,13-14,16,20,23-24,26,33,35-36H,3,6-9,11-12,15H2,(H,28,37). The highest BCUT2D eigenvalue weighted by molar-refractivity contribution is 5.96. The van der Waals surface area contributed by atoms with Crippen molar-refractivity contribution in [2.24, 2.45) is 10.9 Å². The van der Waals surface area contributed by atoms with Gasteiger partial charge in [-0.3, -0.25) is 14.2 Å². The molecule has 1 amide bonds. The summed E-state index contributed by atoms with van der Waals surface area (Å²) in [6, 6.07) is 7.68. The van der Waals surface area contributed by atoms with E-state index in [1.807, 2.05) is 0 Å².